The van der Waals surface area contributed by atoms with Gasteiger partial charge in [-0.3, -0.25) is 0 Å². The summed E-state index contributed by atoms with van der Waals surface area (Å²) in [5, 5.41) is 3.14. The van der Waals surface area contributed by atoms with Crippen LogP contribution in [0.5, 0.6) is 5.88 Å². The van der Waals surface area contributed by atoms with Crippen LogP contribution in [0.1, 0.15) is 26.1 Å². The predicted molar refractivity (Wildman–Crippen MR) is 65.9 cm³/mol. The Morgan fingerprint density at radius 1 is 1.44 bits per heavy atom. The van der Waals surface area contributed by atoms with Crippen molar-refractivity contribution in [2.45, 2.75) is 26.7 Å². The fraction of sp³-hybridized carbons (Fsp3) is 0.500. The lowest BCUT2D eigenvalue weighted by atomic mass is 10.3. The summed E-state index contributed by atoms with van der Waals surface area (Å²) in [4.78, 5) is 8.71. The Hall–Kier alpha value is -1.58. The number of rotatable bonds is 7. The van der Waals surface area contributed by atoms with E-state index in [1.807, 2.05) is 13.0 Å². The van der Waals surface area contributed by atoms with Gasteiger partial charge in [-0.1, -0.05) is 13.0 Å². The predicted octanol–water partition coefficient (Wildman–Crippen LogP) is 2.43. The summed E-state index contributed by atoms with van der Waals surface area (Å²) < 4.78 is 5.40. The van der Waals surface area contributed by atoms with E-state index in [1.54, 1.807) is 6.08 Å². The fourth-order valence-corrected chi connectivity index (χ4v) is 1.30. The van der Waals surface area contributed by atoms with Gasteiger partial charge in [0.1, 0.15) is 11.6 Å². The molecule has 1 N–H and O–H groups in total. The smallest absolute Gasteiger partial charge is 0.218 e. The van der Waals surface area contributed by atoms with Crippen LogP contribution in [0, 0.1) is 0 Å². The van der Waals surface area contributed by atoms with Crippen LogP contribution in [-0.4, -0.2) is 23.1 Å². The average molecular weight is 221 g/mol. The number of aryl methyl sites for hydroxylation is 1. The number of aromatic nitrogens is 2. The fourth-order valence-electron chi connectivity index (χ4n) is 1.30. The number of nitrogens with one attached hydrogen (secondary N) is 1. The second-order valence-electron chi connectivity index (χ2n) is 3.36. The van der Waals surface area contributed by atoms with Crippen LogP contribution >= 0.6 is 0 Å². The summed E-state index contributed by atoms with van der Waals surface area (Å²) in [6.07, 6.45) is 3.68. The number of hydrogen-bond donors (Lipinski definition) is 1. The number of ether oxygens (including phenoxy) is 1. The lowest BCUT2D eigenvalue weighted by molar-refractivity contribution is 0.325. The van der Waals surface area contributed by atoms with E-state index in [9.17, 15) is 0 Å². The van der Waals surface area contributed by atoms with Crippen molar-refractivity contribution in [3.05, 3.63) is 24.5 Å². The first-order valence-electron chi connectivity index (χ1n) is 5.65. The van der Waals surface area contributed by atoms with Crippen LogP contribution in [0.2, 0.25) is 0 Å². The zero-order valence-corrected chi connectivity index (χ0v) is 9.99. The van der Waals surface area contributed by atoms with E-state index < -0.39 is 0 Å². The Bertz CT molecular complexity index is 315. The molecule has 0 unspecified atom stereocenters. The van der Waals surface area contributed by atoms with Crippen molar-refractivity contribution in [2.24, 2.45) is 0 Å². The molecule has 0 aliphatic heterocycles. The molecular formula is C12H19N3O. The molecule has 4 nitrogen and oxygen atoms in total. The Morgan fingerprint density at radius 2 is 2.25 bits per heavy atom. The van der Waals surface area contributed by atoms with Crippen LogP contribution in [-0.2, 0) is 6.42 Å². The number of nitrogens with zero attached hydrogens (tertiary/aromatic N) is 2. The maximum atomic E-state index is 5.40. The third-order valence-electron chi connectivity index (χ3n) is 1.94. The molecule has 0 aliphatic rings. The second kappa shape index (κ2) is 6.82. The van der Waals surface area contributed by atoms with Crippen molar-refractivity contribution in [3.8, 4) is 5.88 Å². The third kappa shape index (κ3) is 3.88. The van der Waals surface area contributed by atoms with Crippen LogP contribution in [0.15, 0.2) is 18.7 Å². The van der Waals surface area contributed by atoms with Gasteiger partial charge in [0.25, 0.3) is 0 Å². The van der Waals surface area contributed by atoms with Crippen molar-refractivity contribution in [1.29, 1.82) is 0 Å². The van der Waals surface area contributed by atoms with Gasteiger partial charge in [0.2, 0.25) is 5.88 Å². The van der Waals surface area contributed by atoms with Crippen LogP contribution in [0.25, 0.3) is 0 Å². The molecule has 16 heavy (non-hydrogen) atoms. The molecule has 0 saturated heterocycles. The van der Waals surface area contributed by atoms with Gasteiger partial charge < -0.3 is 10.1 Å². The minimum atomic E-state index is 0.615. The van der Waals surface area contributed by atoms with Gasteiger partial charge in [-0.15, -0.1) is 6.58 Å². The highest BCUT2D eigenvalue weighted by atomic mass is 16.5. The molecule has 0 spiro atoms. The molecule has 0 saturated carbocycles. The van der Waals surface area contributed by atoms with Crippen LogP contribution in [0.4, 0.5) is 5.82 Å². The molecule has 0 amide bonds. The molecule has 0 radical (unpaired) electrons. The van der Waals surface area contributed by atoms with E-state index in [0.717, 1.165) is 24.5 Å². The van der Waals surface area contributed by atoms with E-state index in [4.69, 9.17) is 4.74 Å². The summed E-state index contributed by atoms with van der Waals surface area (Å²) in [5.41, 5.74) is 0. The first-order chi connectivity index (χ1) is 7.80. The zero-order valence-electron chi connectivity index (χ0n) is 9.99. The van der Waals surface area contributed by atoms with Gasteiger partial charge in [0, 0.05) is 19.0 Å². The minimum absolute atomic E-state index is 0.615. The molecule has 0 aliphatic carbocycles. The minimum Gasteiger partial charge on any atom is -0.478 e. The Balaban J connectivity index is 2.84. The molecule has 1 heterocycles. The van der Waals surface area contributed by atoms with Crippen molar-refractivity contribution < 1.29 is 4.74 Å². The normalized spacial score (nSPS) is 9.88. The molecule has 88 valence electrons. The summed E-state index contributed by atoms with van der Waals surface area (Å²) in [6, 6.07) is 1.81. The van der Waals surface area contributed by atoms with E-state index in [2.05, 4.69) is 28.8 Å². The Kier molecular flexibility index (Phi) is 5.32. The summed E-state index contributed by atoms with van der Waals surface area (Å²) in [6.45, 7) is 9.01. The van der Waals surface area contributed by atoms with Crippen LogP contribution < -0.4 is 10.1 Å². The third-order valence-corrected chi connectivity index (χ3v) is 1.94. The van der Waals surface area contributed by atoms with Gasteiger partial charge in [0.15, 0.2) is 0 Å². The van der Waals surface area contributed by atoms with E-state index in [1.165, 1.54) is 0 Å². The number of hydrogen-bond acceptors (Lipinski definition) is 4. The standard InChI is InChI=1S/C12H19N3O/c1-4-7-10-14-11(13-8-5-2)9-12(15-10)16-6-3/h5,9H,2,4,6-8H2,1,3H3,(H,13,14,15). The zero-order chi connectivity index (χ0) is 11.8. The maximum Gasteiger partial charge on any atom is 0.218 e. The highest BCUT2D eigenvalue weighted by Crippen LogP contribution is 2.14. The first-order valence-corrected chi connectivity index (χ1v) is 5.65. The molecule has 0 atom stereocenters. The lowest BCUT2D eigenvalue weighted by Crippen LogP contribution is -2.06. The molecule has 4 heteroatoms. The van der Waals surface area contributed by atoms with Crippen molar-refractivity contribution in [3.63, 3.8) is 0 Å². The molecule has 1 rings (SSSR count). The summed E-state index contributed by atoms with van der Waals surface area (Å²) in [5.74, 6) is 2.24. The van der Waals surface area contributed by atoms with Crippen molar-refractivity contribution >= 4 is 5.82 Å². The highest BCUT2D eigenvalue weighted by molar-refractivity contribution is 5.39. The molecule has 0 aromatic carbocycles. The molecule has 0 bridgehead atoms. The van der Waals surface area contributed by atoms with E-state index in [-0.39, 0.29) is 0 Å². The van der Waals surface area contributed by atoms with Gasteiger partial charge in [-0.2, -0.15) is 4.98 Å². The second-order valence-corrected chi connectivity index (χ2v) is 3.36. The molecule has 1 aromatic rings. The number of anilines is 1. The SMILES string of the molecule is C=CCNc1cc(OCC)nc(CCC)n1. The van der Waals surface area contributed by atoms with Crippen LogP contribution in [0.3, 0.4) is 0 Å². The largest absolute Gasteiger partial charge is 0.478 e. The van der Waals surface area contributed by atoms with Gasteiger partial charge in [-0.05, 0) is 13.3 Å². The Labute approximate surface area is 96.8 Å². The summed E-state index contributed by atoms with van der Waals surface area (Å²) in [7, 11) is 0. The Morgan fingerprint density at radius 3 is 2.88 bits per heavy atom. The maximum absolute atomic E-state index is 5.40. The van der Waals surface area contributed by atoms with Gasteiger partial charge >= 0.3 is 0 Å². The first kappa shape index (κ1) is 12.5. The molecule has 0 fully saturated rings. The average Bonchev–Trinajstić information content (AvgIpc) is 2.27. The van der Waals surface area contributed by atoms with Gasteiger partial charge in [0.05, 0.1) is 6.61 Å². The highest BCUT2D eigenvalue weighted by Gasteiger charge is 2.04. The monoisotopic (exact) mass is 221 g/mol. The quantitative estimate of drug-likeness (QED) is 0.718. The van der Waals surface area contributed by atoms with E-state index in [0.29, 0.717) is 19.0 Å². The van der Waals surface area contributed by atoms with E-state index >= 15 is 0 Å². The van der Waals surface area contributed by atoms with Crippen molar-refractivity contribution in [1.82, 2.24) is 9.97 Å². The van der Waals surface area contributed by atoms with Crippen molar-refractivity contribution in [2.75, 3.05) is 18.5 Å². The van der Waals surface area contributed by atoms with Gasteiger partial charge in [-0.25, -0.2) is 4.98 Å². The summed E-state index contributed by atoms with van der Waals surface area (Å²) >= 11 is 0. The molecular weight excluding hydrogens is 202 g/mol. The lowest BCUT2D eigenvalue weighted by Gasteiger charge is -2.08. The molecule has 1 aromatic heterocycles. The topological polar surface area (TPSA) is 47.0 Å².